The molecule has 0 fully saturated rings. The lowest BCUT2D eigenvalue weighted by Gasteiger charge is -2.31. The van der Waals surface area contributed by atoms with E-state index in [0.29, 0.717) is 13.1 Å². The summed E-state index contributed by atoms with van der Waals surface area (Å²) in [6.45, 7) is 9.76. The molecule has 24 heavy (non-hydrogen) atoms. The first-order valence-electron chi connectivity index (χ1n) is 8.79. The average Bonchev–Trinajstić information content (AvgIpc) is 2.59. The molecule has 0 saturated heterocycles. The zero-order chi connectivity index (χ0) is 17.5. The molecule has 0 bridgehead atoms. The lowest BCUT2D eigenvalue weighted by molar-refractivity contribution is 0.251. The van der Waals surface area contributed by atoms with Crippen molar-refractivity contribution in [2.24, 2.45) is 0 Å². The number of urea groups is 1. The van der Waals surface area contributed by atoms with Gasteiger partial charge in [0.05, 0.1) is 0 Å². The first kappa shape index (κ1) is 18.1. The van der Waals surface area contributed by atoms with E-state index in [1.54, 1.807) is 0 Å². The van der Waals surface area contributed by atoms with Gasteiger partial charge in [0.15, 0.2) is 0 Å². The number of rotatable bonds is 6. The lowest BCUT2D eigenvalue weighted by atomic mass is 10.2. The number of anilines is 2. The average molecular weight is 324 g/mol. The highest BCUT2D eigenvalue weighted by Gasteiger charge is 2.22. The maximum absolute atomic E-state index is 13.2. The van der Waals surface area contributed by atoms with E-state index < -0.39 is 0 Å². The zero-order valence-electron chi connectivity index (χ0n) is 15.2. The van der Waals surface area contributed by atoms with E-state index in [1.807, 2.05) is 34.1 Å². The van der Waals surface area contributed by atoms with E-state index in [1.165, 1.54) is 11.1 Å². The summed E-state index contributed by atoms with van der Waals surface area (Å²) >= 11 is 0. The summed E-state index contributed by atoms with van der Waals surface area (Å²) in [5.74, 6) is 0. The molecule has 128 valence electrons. The fourth-order valence-electron chi connectivity index (χ4n) is 2.71. The van der Waals surface area contributed by atoms with E-state index in [0.717, 1.165) is 24.2 Å². The third-order valence-corrected chi connectivity index (χ3v) is 4.05. The molecule has 0 unspecified atom stereocenters. The van der Waals surface area contributed by atoms with Crippen molar-refractivity contribution in [3.63, 3.8) is 0 Å². The van der Waals surface area contributed by atoms with E-state index in [9.17, 15) is 4.79 Å². The molecule has 0 aliphatic carbocycles. The van der Waals surface area contributed by atoms with Crippen LogP contribution in [0.2, 0.25) is 0 Å². The molecule has 3 heteroatoms. The quantitative estimate of drug-likeness (QED) is 0.682. The molecule has 0 aliphatic rings. The molecular formula is C21H28N2O. The predicted molar refractivity (Wildman–Crippen MR) is 103 cm³/mol. The number of benzene rings is 2. The van der Waals surface area contributed by atoms with Crippen LogP contribution >= 0.6 is 0 Å². The van der Waals surface area contributed by atoms with Gasteiger partial charge in [-0.3, -0.25) is 9.80 Å². The Labute approximate surface area is 145 Å². The van der Waals surface area contributed by atoms with Crippen LogP contribution in [0.15, 0.2) is 48.5 Å². The highest BCUT2D eigenvalue weighted by Crippen LogP contribution is 2.22. The Morgan fingerprint density at radius 3 is 1.33 bits per heavy atom. The van der Waals surface area contributed by atoms with Crippen molar-refractivity contribution in [1.82, 2.24) is 0 Å². The first-order valence-corrected chi connectivity index (χ1v) is 8.79. The summed E-state index contributed by atoms with van der Waals surface area (Å²) in [4.78, 5) is 17.0. The monoisotopic (exact) mass is 324 g/mol. The Balaban J connectivity index is 2.33. The molecule has 0 saturated carbocycles. The fraction of sp³-hybridized carbons (Fsp3) is 0.381. The van der Waals surface area contributed by atoms with Gasteiger partial charge in [0, 0.05) is 24.5 Å². The van der Waals surface area contributed by atoms with Crippen LogP contribution in [-0.2, 0) is 0 Å². The van der Waals surface area contributed by atoms with E-state index >= 15 is 0 Å². The number of carbonyl (C=O) groups excluding carboxylic acids is 1. The predicted octanol–water partition coefficient (Wildman–Crippen LogP) is 5.56. The van der Waals surface area contributed by atoms with Crippen LogP contribution in [0.4, 0.5) is 16.2 Å². The second-order valence-corrected chi connectivity index (χ2v) is 6.26. The number of nitrogens with zero attached hydrogens (tertiary/aromatic N) is 2. The Kier molecular flexibility index (Phi) is 6.42. The summed E-state index contributed by atoms with van der Waals surface area (Å²) in [5, 5.41) is 0. The van der Waals surface area contributed by atoms with Crippen molar-refractivity contribution in [2.75, 3.05) is 22.9 Å². The molecule has 0 spiro atoms. The molecule has 2 aromatic rings. The number of amides is 2. The maximum Gasteiger partial charge on any atom is 0.328 e. The van der Waals surface area contributed by atoms with Crippen LogP contribution in [0.3, 0.4) is 0 Å². The van der Waals surface area contributed by atoms with Crippen molar-refractivity contribution in [2.45, 2.75) is 40.5 Å². The van der Waals surface area contributed by atoms with Gasteiger partial charge < -0.3 is 0 Å². The third-order valence-electron chi connectivity index (χ3n) is 4.05. The van der Waals surface area contributed by atoms with Crippen molar-refractivity contribution < 1.29 is 4.79 Å². The van der Waals surface area contributed by atoms with Gasteiger partial charge in [-0.15, -0.1) is 0 Å². The SMILES string of the molecule is CCCN(C(=O)N(CCC)c1ccc(C)cc1)c1ccc(C)cc1. The van der Waals surface area contributed by atoms with Gasteiger partial charge in [0.1, 0.15) is 0 Å². The Bertz CT molecular complexity index is 589. The number of carbonyl (C=O) groups is 1. The highest BCUT2D eigenvalue weighted by molar-refractivity contribution is 6.03. The lowest BCUT2D eigenvalue weighted by Crippen LogP contribution is -2.44. The summed E-state index contributed by atoms with van der Waals surface area (Å²) < 4.78 is 0. The van der Waals surface area contributed by atoms with Crippen LogP contribution in [0, 0.1) is 13.8 Å². The summed E-state index contributed by atoms with van der Waals surface area (Å²) in [6, 6.07) is 16.4. The van der Waals surface area contributed by atoms with Gasteiger partial charge >= 0.3 is 6.03 Å². The van der Waals surface area contributed by atoms with Crippen molar-refractivity contribution in [1.29, 1.82) is 0 Å². The summed E-state index contributed by atoms with van der Waals surface area (Å²) in [5.41, 5.74) is 4.32. The molecule has 0 aromatic heterocycles. The molecule has 2 aromatic carbocycles. The maximum atomic E-state index is 13.2. The van der Waals surface area contributed by atoms with Crippen LogP contribution < -0.4 is 9.80 Å². The van der Waals surface area contributed by atoms with Gasteiger partial charge in [-0.2, -0.15) is 0 Å². The molecule has 0 atom stereocenters. The Morgan fingerprint density at radius 1 is 0.708 bits per heavy atom. The smallest absolute Gasteiger partial charge is 0.294 e. The van der Waals surface area contributed by atoms with Crippen molar-refractivity contribution in [3.05, 3.63) is 59.7 Å². The van der Waals surface area contributed by atoms with Crippen LogP contribution in [-0.4, -0.2) is 19.1 Å². The van der Waals surface area contributed by atoms with Gasteiger partial charge in [-0.25, -0.2) is 4.79 Å². The summed E-state index contributed by atoms with van der Waals surface area (Å²) in [6.07, 6.45) is 1.85. The van der Waals surface area contributed by atoms with Gasteiger partial charge in [-0.1, -0.05) is 49.2 Å². The topological polar surface area (TPSA) is 23.6 Å². The van der Waals surface area contributed by atoms with E-state index in [4.69, 9.17) is 0 Å². The third kappa shape index (κ3) is 4.38. The van der Waals surface area contributed by atoms with Gasteiger partial charge in [0.2, 0.25) is 0 Å². The van der Waals surface area contributed by atoms with E-state index in [2.05, 4.69) is 52.0 Å². The molecule has 0 heterocycles. The van der Waals surface area contributed by atoms with Crippen LogP contribution in [0.25, 0.3) is 0 Å². The number of aryl methyl sites for hydroxylation is 2. The minimum Gasteiger partial charge on any atom is -0.294 e. The van der Waals surface area contributed by atoms with E-state index in [-0.39, 0.29) is 6.03 Å². The molecular weight excluding hydrogens is 296 g/mol. The number of hydrogen-bond donors (Lipinski definition) is 0. The Morgan fingerprint density at radius 2 is 1.04 bits per heavy atom. The zero-order valence-corrected chi connectivity index (χ0v) is 15.2. The first-order chi connectivity index (χ1) is 11.6. The Hall–Kier alpha value is -2.29. The second-order valence-electron chi connectivity index (χ2n) is 6.26. The molecule has 0 radical (unpaired) electrons. The van der Waals surface area contributed by atoms with Crippen LogP contribution in [0.1, 0.15) is 37.8 Å². The molecule has 3 nitrogen and oxygen atoms in total. The largest absolute Gasteiger partial charge is 0.328 e. The normalized spacial score (nSPS) is 10.5. The molecule has 0 aliphatic heterocycles. The highest BCUT2D eigenvalue weighted by atomic mass is 16.2. The fourth-order valence-corrected chi connectivity index (χ4v) is 2.71. The van der Waals surface area contributed by atoms with Crippen molar-refractivity contribution >= 4 is 17.4 Å². The van der Waals surface area contributed by atoms with Crippen LogP contribution in [0.5, 0.6) is 0 Å². The molecule has 2 amide bonds. The molecule has 0 N–H and O–H groups in total. The molecule has 2 rings (SSSR count). The minimum absolute atomic E-state index is 0.0476. The number of hydrogen-bond acceptors (Lipinski definition) is 1. The van der Waals surface area contributed by atoms with Crippen molar-refractivity contribution in [3.8, 4) is 0 Å². The van der Waals surface area contributed by atoms with Gasteiger partial charge in [0.25, 0.3) is 0 Å². The standard InChI is InChI=1S/C21H28N2O/c1-5-15-22(19-11-7-17(3)8-12-19)21(24)23(16-6-2)20-13-9-18(4)10-14-20/h7-14H,5-6,15-16H2,1-4H3. The summed E-state index contributed by atoms with van der Waals surface area (Å²) in [7, 11) is 0. The minimum atomic E-state index is 0.0476. The second kappa shape index (κ2) is 8.53. The van der Waals surface area contributed by atoms with Gasteiger partial charge in [-0.05, 0) is 51.0 Å².